The van der Waals surface area contributed by atoms with Gasteiger partial charge in [-0.15, -0.1) is 0 Å². The van der Waals surface area contributed by atoms with E-state index < -0.39 is 6.09 Å². The van der Waals surface area contributed by atoms with Gasteiger partial charge in [-0.1, -0.05) is 12.5 Å². The lowest BCUT2D eigenvalue weighted by Gasteiger charge is -2.35. The third kappa shape index (κ3) is 4.77. The number of piperidine rings is 1. The van der Waals surface area contributed by atoms with E-state index in [9.17, 15) is 9.18 Å². The molecule has 2 aliphatic heterocycles. The third-order valence-electron chi connectivity index (χ3n) is 5.20. The van der Waals surface area contributed by atoms with Gasteiger partial charge in [0.1, 0.15) is 11.9 Å². The number of nitrogens with one attached hydrogen (secondary N) is 2. The van der Waals surface area contributed by atoms with E-state index in [1.54, 1.807) is 25.4 Å². The van der Waals surface area contributed by atoms with Crippen LogP contribution in [0.3, 0.4) is 0 Å². The second-order valence-corrected chi connectivity index (χ2v) is 7.55. The van der Waals surface area contributed by atoms with Crippen molar-refractivity contribution in [2.45, 2.75) is 19.4 Å². The number of amides is 1. The lowest BCUT2D eigenvalue weighted by atomic mass is 9.93. The lowest BCUT2D eigenvalue weighted by molar-refractivity contribution is 0.143. The van der Waals surface area contributed by atoms with E-state index in [-0.39, 0.29) is 17.8 Å². The molecular weight excluding hydrogens is 393 g/mol. The molecule has 1 unspecified atom stereocenters. The Kier molecular flexibility index (Phi) is 6.54. The van der Waals surface area contributed by atoms with E-state index in [0.717, 1.165) is 12.0 Å². The van der Waals surface area contributed by atoms with Crippen LogP contribution in [0.25, 0.3) is 4.85 Å². The maximum Gasteiger partial charge on any atom is 0.414 e. The first-order valence-corrected chi connectivity index (χ1v) is 9.87. The molecule has 2 N–H and O–H groups in total. The molecule has 0 radical (unpaired) electrons. The summed E-state index contributed by atoms with van der Waals surface area (Å²) in [5.41, 5.74) is 2.08. The quantitative estimate of drug-likeness (QED) is 0.580. The van der Waals surface area contributed by atoms with Crippen molar-refractivity contribution in [2.75, 3.05) is 43.0 Å². The summed E-state index contributed by atoms with van der Waals surface area (Å²) in [6, 6.07) is 4.82. The summed E-state index contributed by atoms with van der Waals surface area (Å²) in [4.78, 5) is 19.0. The summed E-state index contributed by atoms with van der Waals surface area (Å²) in [5.74, 6) is -0.180. The number of nitrogens with zero attached hydrogens (tertiary/aromatic N) is 3. The number of rotatable bonds is 4. The topological polar surface area (TPSA) is 61.2 Å². The minimum absolute atomic E-state index is 0.197. The van der Waals surface area contributed by atoms with Crippen LogP contribution < -0.4 is 20.4 Å². The van der Waals surface area contributed by atoms with Crippen molar-refractivity contribution in [3.8, 4) is 0 Å². The molecule has 9 heteroatoms. The summed E-state index contributed by atoms with van der Waals surface area (Å²) >= 11 is 5.02. The minimum Gasteiger partial charge on any atom is -0.442 e. The van der Waals surface area contributed by atoms with Crippen molar-refractivity contribution in [1.29, 1.82) is 0 Å². The van der Waals surface area contributed by atoms with Gasteiger partial charge in [0.15, 0.2) is 11.3 Å². The summed E-state index contributed by atoms with van der Waals surface area (Å²) in [6.45, 7) is 11.1. The SMILES string of the molecule is [C-]#[N+]/C=C1\CCN(c2ccc(N3C[C@H](CNC(=S)NC)OC3=O)cc2F)CC1C. The van der Waals surface area contributed by atoms with E-state index in [2.05, 4.69) is 15.5 Å². The second-order valence-electron chi connectivity index (χ2n) is 7.14. The van der Waals surface area contributed by atoms with Gasteiger partial charge in [0, 0.05) is 20.1 Å². The number of carbonyl (C=O) groups excluding carboxylic acids is 1. The monoisotopic (exact) mass is 417 g/mol. The van der Waals surface area contributed by atoms with Crippen molar-refractivity contribution in [3.05, 3.63) is 47.2 Å². The number of halogens is 1. The van der Waals surface area contributed by atoms with Crippen LogP contribution >= 0.6 is 12.2 Å². The zero-order valence-electron chi connectivity index (χ0n) is 16.4. The molecule has 1 amide bonds. The highest BCUT2D eigenvalue weighted by Crippen LogP contribution is 2.32. The predicted molar refractivity (Wildman–Crippen MR) is 114 cm³/mol. The summed E-state index contributed by atoms with van der Waals surface area (Å²) in [5, 5.41) is 6.23. The first-order valence-electron chi connectivity index (χ1n) is 9.46. The van der Waals surface area contributed by atoms with Crippen LogP contribution in [0.5, 0.6) is 0 Å². The number of hydrogen-bond acceptors (Lipinski definition) is 4. The fourth-order valence-corrected chi connectivity index (χ4v) is 3.68. The van der Waals surface area contributed by atoms with Crippen molar-refractivity contribution in [3.63, 3.8) is 0 Å². The Labute approximate surface area is 175 Å². The standard InChI is InChI=1S/C20H24FN5O2S/c1-13-11-25(7-6-14(13)9-22-2)18-5-4-15(8-17(18)21)26-12-16(28-20(26)27)10-24-19(29)23-3/h4-5,8-9,13,16H,6-7,10-12H2,1,3H3,(H2,23,24,29)/b14-9+/t13?,16-/m0/s1. The fourth-order valence-electron chi connectivity index (χ4n) is 3.60. The molecule has 1 aromatic carbocycles. The Balaban J connectivity index is 1.67. The van der Waals surface area contributed by atoms with Gasteiger partial charge in [0.2, 0.25) is 0 Å². The molecule has 0 aromatic heterocycles. The van der Waals surface area contributed by atoms with Crippen LogP contribution in [-0.4, -0.2) is 50.5 Å². The molecule has 2 fully saturated rings. The summed E-state index contributed by atoms with van der Waals surface area (Å²) in [7, 11) is 1.71. The van der Waals surface area contributed by atoms with Gasteiger partial charge in [-0.05, 0) is 42.8 Å². The lowest BCUT2D eigenvalue weighted by Crippen LogP contribution is -2.39. The van der Waals surface area contributed by atoms with Crippen LogP contribution in [-0.2, 0) is 4.74 Å². The molecular formula is C20H24FN5O2S. The molecule has 0 saturated carbocycles. The van der Waals surface area contributed by atoms with E-state index in [1.807, 2.05) is 11.8 Å². The highest BCUT2D eigenvalue weighted by atomic mass is 32.1. The van der Waals surface area contributed by atoms with Gasteiger partial charge < -0.3 is 20.3 Å². The minimum atomic E-state index is -0.500. The fraction of sp³-hybridized carbons (Fsp3) is 0.450. The first kappa shape index (κ1) is 20.9. The second kappa shape index (κ2) is 9.09. The zero-order valence-corrected chi connectivity index (χ0v) is 17.3. The Morgan fingerprint density at radius 3 is 2.93 bits per heavy atom. The predicted octanol–water partition coefficient (Wildman–Crippen LogP) is 2.89. The molecule has 7 nitrogen and oxygen atoms in total. The van der Waals surface area contributed by atoms with Gasteiger partial charge in [0.05, 0.1) is 31.0 Å². The Bertz CT molecular complexity index is 869. The van der Waals surface area contributed by atoms with E-state index in [1.165, 1.54) is 11.0 Å². The van der Waals surface area contributed by atoms with Crippen molar-refractivity contribution in [2.24, 2.45) is 5.92 Å². The normalized spacial score (nSPS) is 23.0. The molecule has 0 spiro atoms. The first-order chi connectivity index (χ1) is 13.9. The van der Waals surface area contributed by atoms with Crippen LogP contribution in [0.4, 0.5) is 20.6 Å². The Morgan fingerprint density at radius 1 is 1.48 bits per heavy atom. The van der Waals surface area contributed by atoms with Crippen molar-refractivity contribution >= 4 is 34.8 Å². The average molecular weight is 418 g/mol. The zero-order chi connectivity index (χ0) is 21.0. The number of cyclic esters (lactones) is 1. The van der Waals surface area contributed by atoms with E-state index in [0.29, 0.717) is 42.7 Å². The van der Waals surface area contributed by atoms with Crippen LogP contribution in [0.1, 0.15) is 13.3 Å². The largest absolute Gasteiger partial charge is 0.442 e. The molecule has 0 aliphatic carbocycles. The van der Waals surface area contributed by atoms with Crippen LogP contribution in [0, 0.1) is 18.3 Å². The van der Waals surface area contributed by atoms with E-state index in [4.69, 9.17) is 23.5 Å². The van der Waals surface area contributed by atoms with Gasteiger partial charge in [-0.3, -0.25) is 4.90 Å². The average Bonchev–Trinajstić information content (AvgIpc) is 3.08. The number of ether oxygens (including phenoxy) is 1. The molecule has 3 rings (SSSR count). The molecule has 2 atom stereocenters. The third-order valence-corrected chi connectivity index (χ3v) is 5.55. The smallest absolute Gasteiger partial charge is 0.414 e. The molecule has 154 valence electrons. The van der Waals surface area contributed by atoms with Gasteiger partial charge in [-0.2, -0.15) is 0 Å². The highest BCUT2D eigenvalue weighted by Gasteiger charge is 2.33. The molecule has 2 saturated heterocycles. The van der Waals surface area contributed by atoms with Gasteiger partial charge in [0.25, 0.3) is 0 Å². The van der Waals surface area contributed by atoms with E-state index >= 15 is 0 Å². The number of thiocarbonyl (C=S) groups is 1. The number of benzene rings is 1. The summed E-state index contributed by atoms with van der Waals surface area (Å²) in [6.07, 6.45) is 1.45. The molecule has 2 aliphatic rings. The van der Waals surface area contributed by atoms with Crippen LogP contribution in [0.2, 0.25) is 0 Å². The van der Waals surface area contributed by atoms with Crippen LogP contribution in [0.15, 0.2) is 30.0 Å². The number of hydrogen-bond donors (Lipinski definition) is 2. The highest BCUT2D eigenvalue weighted by molar-refractivity contribution is 7.80. The van der Waals surface area contributed by atoms with Gasteiger partial charge >= 0.3 is 6.09 Å². The van der Waals surface area contributed by atoms with Crippen molar-refractivity contribution < 1.29 is 13.9 Å². The molecule has 2 heterocycles. The number of anilines is 2. The molecule has 29 heavy (non-hydrogen) atoms. The van der Waals surface area contributed by atoms with Gasteiger partial charge in [-0.25, -0.2) is 14.0 Å². The van der Waals surface area contributed by atoms with Crippen molar-refractivity contribution in [1.82, 2.24) is 10.6 Å². The Morgan fingerprint density at radius 2 is 2.28 bits per heavy atom. The maximum absolute atomic E-state index is 14.9. The molecule has 0 bridgehead atoms. The maximum atomic E-state index is 14.9. The molecule has 1 aromatic rings. The number of carbonyl (C=O) groups is 1. The summed E-state index contributed by atoms with van der Waals surface area (Å²) < 4.78 is 20.2. The Hall–Kier alpha value is -2.86.